The van der Waals surface area contributed by atoms with Gasteiger partial charge < -0.3 is 0 Å². The van der Waals surface area contributed by atoms with Gasteiger partial charge in [0.2, 0.25) is 0 Å². The van der Waals surface area contributed by atoms with Gasteiger partial charge in [-0.15, -0.1) is 5.01 Å². The van der Waals surface area contributed by atoms with Gasteiger partial charge in [0.15, 0.2) is 18.1 Å². The summed E-state index contributed by atoms with van der Waals surface area (Å²) in [6.45, 7) is -0.978. The zero-order valence-corrected chi connectivity index (χ0v) is 6.23. The highest BCUT2D eigenvalue weighted by molar-refractivity contribution is 4.90. The summed E-state index contributed by atoms with van der Waals surface area (Å²) < 4.78 is 0. The quantitative estimate of drug-likeness (QED) is 0.198. The molecule has 0 aromatic rings. The van der Waals surface area contributed by atoms with Crippen molar-refractivity contribution in [3.8, 4) is 0 Å². The summed E-state index contributed by atoms with van der Waals surface area (Å²) in [6, 6.07) is 0. The third-order valence-corrected chi connectivity index (χ3v) is 1.67. The van der Waals surface area contributed by atoms with E-state index in [1.807, 2.05) is 0 Å². The van der Waals surface area contributed by atoms with E-state index in [9.17, 15) is 20.2 Å². The van der Waals surface area contributed by atoms with Crippen LogP contribution in [0.1, 0.15) is 0 Å². The van der Waals surface area contributed by atoms with Crippen LogP contribution in [-0.2, 0) is 0 Å². The lowest BCUT2D eigenvalue weighted by Crippen LogP contribution is -2.66. The van der Waals surface area contributed by atoms with Crippen LogP contribution in [0.25, 0.3) is 10.4 Å². The molecule has 0 radical (unpaired) electrons. The molecule has 70 valence electrons. The molecule has 0 spiro atoms. The van der Waals surface area contributed by atoms with Crippen molar-refractivity contribution in [3.63, 3.8) is 0 Å². The smallest absolute Gasteiger partial charge is 0.264 e. The Bertz CT molecular complexity index is 297. The molecule has 0 aliphatic carbocycles. The van der Waals surface area contributed by atoms with Gasteiger partial charge in [-0.1, -0.05) is 0 Å². The van der Waals surface area contributed by atoms with Gasteiger partial charge in [-0.2, -0.15) is 0 Å². The molecular weight excluding hydrogens is 184 g/mol. The second kappa shape index (κ2) is 2.75. The Morgan fingerprint density at radius 3 is 2.31 bits per heavy atom. The van der Waals surface area contributed by atoms with Gasteiger partial charge in [0.25, 0.3) is 0 Å². The fourth-order valence-corrected chi connectivity index (χ4v) is 0.952. The number of rotatable bonds is 3. The minimum Gasteiger partial charge on any atom is -0.264 e. The van der Waals surface area contributed by atoms with Crippen LogP contribution in [0.4, 0.5) is 0 Å². The molecule has 13 heavy (non-hydrogen) atoms. The van der Waals surface area contributed by atoms with E-state index in [0.29, 0.717) is 5.01 Å². The summed E-state index contributed by atoms with van der Waals surface area (Å²) in [7, 11) is 0. The summed E-state index contributed by atoms with van der Waals surface area (Å²) in [5.74, 6) is 0. The van der Waals surface area contributed by atoms with Crippen molar-refractivity contribution in [1.29, 1.82) is 0 Å². The largest absolute Gasteiger partial charge is 0.346 e. The number of hydrogen-bond donors (Lipinski definition) is 0. The van der Waals surface area contributed by atoms with Crippen molar-refractivity contribution in [1.82, 2.24) is 5.01 Å². The van der Waals surface area contributed by atoms with Crippen LogP contribution in [0.15, 0.2) is 5.11 Å². The Kier molecular flexibility index (Phi) is 1.91. The van der Waals surface area contributed by atoms with Gasteiger partial charge in [0, 0.05) is 9.84 Å². The van der Waals surface area contributed by atoms with Gasteiger partial charge in [-0.05, 0) is 10.6 Å². The van der Waals surface area contributed by atoms with Crippen LogP contribution in [0.2, 0.25) is 0 Å². The Labute approximate surface area is 70.6 Å². The van der Waals surface area contributed by atoms with Crippen molar-refractivity contribution in [2.24, 2.45) is 5.11 Å². The molecule has 0 aromatic heterocycles. The zero-order chi connectivity index (χ0) is 10.1. The lowest BCUT2D eigenvalue weighted by Gasteiger charge is -2.32. The van der Waals surface area contributed by atoms with Crippen molar-refractivity contribution < 1.29 is 9.96 Å². The first-order valence-electron chi connectivity index (χ1n) is 3.12. The van der Waals surface area contributed by atoms with Crippen molar-refractivity contribution in [2.75, 3.05) is 13.1 Å². The fourth-order valence-electron chi connectivity index (χ4n) is 0.952. The second-order valence-electron chi connectivity index (χ2n) is 2.49. The Morgan fingerprint density at radius 1 is 1.46 bits per heavy atom. The topological polar surface area (TPSA) is 138 Å². The van der Waals surface area contributed by atoms with Crippen LogP contribution >= 0.6 is 0 Å². The first kappa shape index (κ1) is 9.00. The molecule has 1 aliphatic heterocycles. The summed E-state index contributed by atoms with van der Waals surface area (Å²) in [5, 5.41) is 23.2. The monoisotopic (exact) mass is 188 g/mol. The SMILES string of the molecule is [N-]=[N+]=NC1([N+](=O)[O-])CN([N+](=O)[O-])C1. The predicted molar refractivity (Wildman–Crippen MR) is 37.4 cm³/mol. The van der Waals surface area contributed by atoms with Crippen LogP contribution in [0.5, 0.6) is 0 Å². The molecule has 10 heteroatoms. The molecule has 1 rings (SSSR count). The van der Waals surface area contributed by atoms with Crippen LogP contribution < -0.4 is 0 Å². The lowest BCUT2D eigenvalue weighted by atomic mass is 10.1. The molecule has 10 nitrogen and oxygen atoms in total. The normalized spacial score (nSPS) is 18.3. The van der Waals surface area contributed by atoms with Crippen molar-refractivity contribution in [2.45, 2.75) is 5.66 Å². The molecule has 0 amide bonds. The number of nitrogens with zero attached hydrogens (tertiary/aromatic N) is 6. The van der Waals surface area contributed by atoms with Gasteiger partial charge in [0.1, 0.15) is 0 Å². The predicted octanol–water partition coefficient (Wildman–Crippen LogP) is -0.223. The second-order valence-corrected chi connectivity index (χ2v) is 2.49. The van der Waals surface area contributed by atoms with Crippen molar-refractivity contribution >= 4 is 0 Å². The van der Waals surface area contributed by atoms with Crippen LogP contribution in [0.3, 0.4) is 0 Å². The zero-order valence-electron chi connectivity index (χ0n) is 6.23. The molecule has 0 aromatic carbocycles. The summed E-state index contributed by atoms with van der Waals surface area (Å²) >= 11 is 0. The van der Waals surface area contributed by atoms with E-state index in [4.69, 9.17) is 5.53 Å². The molecule has 1 fully saturated rings. The molecule has 0 bridgehead atoms. The van der Waals surface area contributed by atoms with E-state index >= 15 is 0 Å². The standard InChI is InChI=1S/C3H4N6O4/c4-6-5-3(8(10)11)1-7(2-3)9(12)13/h1-2H2. The Balaban J connectivity index is 2.74. The van der Waals surface area contributed by atoms with E-state index in [1.165, 1.54) is 0 Å². The van der Waals surface area contributed by atoms with Crippen LogP contribution in [0, 0.1) is 20.2 Å². The van der Waals surface area contributed by atoms with Gasteiger partial charge in [-0.3, -0.25) is 10.1 Å². The minimum absolute atomic E-state index is 0.489. The van der Waals surface area contributed by atoms with Crippen LogP contribution in [-0.4, -0.2) is 33.7 Å². The average molecular weight is 188 g/mol. The third kappa shape index (κ3) is 1.29. The summed E-state index contributed by atoms with van der Waals surface area (Å²) in [4.78, 5) is 21.9. The number of azide groups is 1. The molecule has 0 saturated carbocycles. The third-order valence-electron chi connectivity index (χ3n) is 1.67. The lowest BCUT2D eigenvalue weighted by molar-refractivity contribution is -0.721. The van der Waals surface area contributed by atoms with E-state index in [-0.39, 0.29) is 0 Å². The summed E-state index contributed by atoms with van der Waals surface area (Å²) in [6.07, 6.45) is 0. The Hall–Kier alpha value is -2.09. The van der Waals surface area contributed by atoms with Crippen molar-refractivity contribution in [3.05, 3.63) is 30.7 Å². The maximum Gasteiger partial charge on any atom is 0.346 e. The van der Waals surface area contributed by atoms with Gasteiger partial charge in [0.05, 0.1) is 0 Å². The van der Waals surface area contributed by atoms with E-state index in [1.54, 1.807) is 0 Å². The minimum atomic E-state index is -1.86. The highest BCUT2D eigenvalue weighted by Crippen LogP contribution is 2.25. The van der Waals surface area contributed by atoms with E-state index in [0.717, 1.165) is 0 Å². The average Bonchev–Trinajstić information content (AvgIpc) is 1.94. The van der Waals surface area contributed by atoms with Gasteiger partial charge >= 0.3 is 5.66 Å². The molecule has 0 atom stereocenters. The molecule has 1 saturated heterocycles. The molecular formula is C3H4N6O4. The molecule has 0 N–H and O–H groups in total. The first-order chi connectivity index (χ1) is 6.02. The molecule has 1 heterocycles. The Morgan fingerprint density at radius 2 is 2.00 bits per heavy atom. The van der Waals surface area contributed by atoms with E-state index < -0.39 is 28.7 Å². The first-order valence-corrected chi connectivity index (χ1v) is 3.12. The van der Waals surface area contributed by atoms with Gasteiger partial charge in [-0.25, -0.2) is 10.1 Å². The highest BCUT2D eigenvalue weighted by Gasteiger charge is 2.59. The van der Waals surface area contributed by atoms with E-state index in [2.05, 4.69) is 10.0 Å². The summed E-state index contributed by atoms with van der Waals surface area (Å²) in [5.41, 5.74) is 6.15. The molecule has 0 unspecified atom stereocenters. The maximum atomic E-state index is 10.4. The number of hydrogen-bond acceptors (Lipinski definition) is 5. The molecule has 1 aliphatic rings. The maximum absolute atomic E-state index is 10.4. The highest BCUT2D eigenvalue weighted by atomic mass is 16.7. The number of hydrazine groups is 1. The fraction of sp³-hybridized carbons (Fsp3) is 1.00. The number of nitro groups is 2.